The van der Waals surface area contributed by atoms with Gasteiger partial charge in [0, 0.05) is 38.7 Å². The van der Waals surface area contributed by atoms with E-state index in [0.717, 1.165) is 49.1 Å². The predicted molar refractivity (Wildman–Crippen MR) is 126 cm³/mol. The molecule has 1 unspecified atom stereocenters. The minimum atomic E-state index is -0.0976. The van der Waals surface area contributed by atoms with E-state index in [1.807, 2.05) is 29.8 Å². The van der Waals surface area contributed by atoms with Crippen LogP contribution >= 0.6 is 24.0 Å². The SMILES string of the molecule is CCNC(=NCc1cccc(C(=O)NC)c1)NC1CCc2nc(COC)nn2C1.I. The van der Waals surface area contributed by atoms with Gasteiger partial charge in [-0.25, -0.2) is 14.7 Å². The van der Waals surface area contributed by atoms with E-state index in [2.05, 4.69) is 26.0 Å². The van der Waals surface area contributed by atoms with E-state index in [1.54, 1.807) is 20.2 Å². The number of aromatic nitrogens is 3. The molecule has 9 nitrogen and oxygen atoms in total. The largest absolute Gasteiger partial charge is 0.377 e. The van der Waals surface area contributed by atoms with Crippen molar-refractivity contribution < 1.29 is 9.53 Å². The molecule has 0 saturated heterocycles. The Hall–Kier alpha value is -2.21. The molecule has 3 N–H and O–H groups in total. The molecule has 10 heteroatoms. The van der Waals surface area contributed by atoms with Crippen LogP contribution in [0.2, 0.25) is 0 Å². The third-order valence-electron chi connectivity index (χ3n) is 4.70. The molecular weight excluding hydrogens is 497 g/mol. The second kappa shape index (κ2) is 11.8. The van der Waals surface area contributed by atoms with Gasteiger partial charge in [-0.15, -0.1) is 24.0 Å². The number of methoxy groups -OCH3 is 1. The Morgan fingerprint density at radius 3 is 2.97 bits per heavy atom. The molecule has 1 aliphatic heterocycles. The lowest BCUT2D eigenvalue weighted by Crippen LogP contribution is -2.47. The molecule has 1 aromatic carbocycles. The maximum atomic E-state index is 11.8. The second-order valence-corrected chi connectivity index (χ2v) is 6.91. The molecule has 1 aliphatic rings. The van der Waals surface area contributed by atoms with Gasteiger partial charge in [-0.3, -0.25) is 4.79 Å². The molecule has 0 radical (unpaired) electrons. The normalized spacial score (nSPS) is 15.7. The Morgan fingerprint density at radius 2 is 2.23 bits per heavy atom. The van der Waals surface area contributed by atoms with Gasteiger partial charge in [0.2, 0.25) is 0 Å². The number of guanidine groups is 1. The second-order valence-electron chi connectivity index (χ2n) is 6.91. The number of aryl methyl sites for hydroxylation is 1. The predicted octanol–water partition coefficient (Wildman–Crippen LogP) is 1.47. The van der Waals surface area contributed by atoms with Crippen molar-refractivity contribution in [3.05, 3.63) is 47.0 Å². The van der Waals surface area contributed by atoms with Gasteiger partial charge in [0.05, 0.1) is 13.1 Å². The quantitative estimate of drug-likeness (QED) is 0.286. The molecule has 0 fully saturated rings. The standard InChI is InChI=1S/C20H29N7O2.HI/c1-4-22-20(23-11-14-6-5-7-15(10-14)19(28)21-2)24-16-8-9-18-25-17(13-29-3)26-27(18)12-16;/h5-7,10,16H,4,8-9,11-13H2,1-3H3,(H,21,28)(H2,22,23,24);1H. The van der Waals surface area contributed by atoms with Crippen LogP contribution in [-0.2, 0) is 30.9 Å². The van der Waals surface area contributed by atoms with Crippen molar-refractivity contribution in [2.24, 2.45) is 4.99 Å². The van der Waals surface area contributed by atoms with Crippen LogP contribution in [0, 0.1) is 0 Å². The highest BCUT2D eigenvalue weighted by Crippen LogP contribution is 2.13. The van der Waals surface area contributed by atoms with Crippen molar-refractivity contribution >= 4 is 35.8 Å². The van der Waals surface area contributed by atoms with Gasteiger partial charge < -0.3 is 20.7 Å². The number of rotatable bonds is 7. The minimum Gasteiger partial charge on any atom is -0.377 e. The highest BCUT2D eigenvalue weighted by Gasteiger charge is 2.22. The summed E-state index contributed by atoms with van der Waals surface area (Å²) in [4.78, 5) is 21.0. The first-order valence-corrected chi connectivity index (χ1v) is 9.90. The van der Waals surface area contributed by atoms with Crippen molar-refractivity contribution in [1.29, 1.82) is 0 Å². The van der Waals surface area contributed by atoms with Crippen molar-refractivity contribution in [2.75, 3.05) is 20.7 Å². The highest BCUT2D eigenvalue weighted by molar-refractivity contribution is 14.0. The summed E-state index contributed by atoms with van der Waals surface area (Å²) < 4.78 is 7.08. The molecule has 1 amide bonds. The third kappa shape index (κ3) is 6.39. The molecule has 1 aromatic heterocycles. The Morgan fingerprint density at radius 1 is 1.40 bits per heavy atom. The molecule has 3 rings (SSSR count). The first kappa shape index (κ1) is 24.1. The zero-order valence-corrected chi connectivity index (χ0v) is 20.0. The van der Waals surface area contributed by atoms with Crippen molar-refractivity contribution in [3.63, 3.8) is 0 Å². The summed E-state index contributed by atoms with van der Waals surface area (Å²) in [6.07, 6.45) is 1.82. The number of halogens is 1. The van der Waals surface area contributed by atoms with Gasteiger partial charge in [-0.05, 0) is 31.0 Å². The molecule has 2 heterocycles. The fourth-order valence-electron chi connectivity index (χ4n) is 3.31. The summed E-state index contributed by atoms with van der Waals surface area (Å²) in [7, 11) is 3.27. The zero-order valence-electron chi connectivity index (χ0n) is 17.6. The maximum absolute atomic E-state index is 11.8. The van der Waals surface area contributed by atoms with Crippen LogP contribution < -0.4 is 16.0 Å². The number of nitrogens with zero attached hydrogens (tertiary/aromatic N) is 4. The molecule has 0 bridgehead atoms. The monoisotopic (exact) mass is 527 g/mol. The Labute approximate surface area is 194 Å². The zero-order chi connectivity index (χ0) is 20.6. The Kier molecular flexibility index (Phi) is 9.50. The smallest absolute Gasteiger partial charge is 0.251 e. The van der Waals surface area contributed by atoms with E-state index in [-0.39, 0.29) is 35.9 Å². The van der Waals surface area contributed by atoms with Crippen molar-refractivity contribution in [1.82, 2.24) is 30.7 Å². The van der Waals surface area contributed by atoms with E-state index in [1.165, 1.54) is 0 Å². The number of carbonyl (C=O) groups is 1. The summed E-state index contributed by atoms with van der Waals surface area (Å²) in [6.45, 7) is 4.46. The maximum Gasteiger partial charge on any atom is 0.251 e. The van der Waals surface area contributed by atoms with Gasteiger partial charge >= 0.3 is 0 Å². The van der Waals surface area contributed by atoms with Crippen molar-refractivity contribution in [3.8, 4) is 0 Å². The number of carbonyl (C=O) groups excluding carboxylic acids is 1. The lowest BCUT2D eigenvalue weighted by molar-refractivity contribution is 0.0963. The minimum absolute atomic E-state index is 0. The first-order chi connectivity index (χ1) is 14.1. The molecule has 30 heavy (non-hydrogen) atoms. The average Bonchev–Trinajstić information content (AvgIpc) is 3.13. The first-order valence-electron chi connectivity index (χ1n) is 9.90. The van der Waals surface area contributed by atoms with E-state index < -0.39 is 0 Å². The summed E-state index contributed by atoms with van der Waals surface area (Å²) in [5.41, 5.74) is 1.62. The van der Waals surface area contributed by atoms with Crippen LogP contribution in [0.3, 0.4) is 0 Å². The van der Waals surface area contributed by atoms with E-state index in [4.69, 9.17) is 9.73 Å². The molecule has 1 atom stereocenters. The Bertz CT molecular complexity index is 869. The molecule has 2 aromatic rings. The van der Waals surface area contributed by atoms with Crippen LogP contribution in [0.4, 0.5) is 0 Å². The van der Waals surface area contributed by atoms with Gasteiger partial charge in [0.25, 0.3) is 5.91 Å². The fourth-order valence-corrected chi connectivity index (χ4v) is 3.31. The number of amides is 1. The number of hydrogen-bond donors (Lipinski definition) is 3. The van der Waals surface area contributed by atoms with E-state index >= 15 is 0 Å². The molecule has 164 valence electrons. The topological polar surface area (TPSA) is 105 Å². The van der Waals surface area contributed by atoms with Crippen LogP contribution in [-0.4, -0.2) is 53.4 Å². The van der Waals surface area contributed by atoms with Crippen molar-refractivity contribution in [2.45, 2.75) is 45.5 Å². The number of fused-ring (bicyclic) bond motifs is 1. The number of aliphatic imine (C=N–C) groups is 1. The fraction of sp³-hybridized carbons (Fsp3) is 0.500. The van der Waals surface area contributed by atoms with Gasteiger partial charge in [-0.1, -0.05) is 12.1 Å². The van der Waals surface area contributed by atoms with Crippen LogP contribution in [0.25, 0.3) is 0 Å². The lowest BCUT2D eigenvalue weighted by Gasteiger charge is -2.25. The summed E-state index contributed by atoms with van der Waals surface area (Å²) in [5, 5.41) is 13.9. The summed E-state index contributed by atoms with van der Waals surface area (Å²) in [5.74, 6) is 2.38. The Balaban J connectivity index is 0.00000320. The average molecular weight is 527 g/mol. The summed E-state index contributed by atoms with van der Waals surface area (Å²) >= 11 is 0. The van der Waals surface area contributed by atoms with Gasteiger partial charge in [0.1, 0.15) is 12.4 Å². The van der Waals surface area contributed by atoms with Gasteiger partial charge in [-0.2, -0.15) is 5.10 Å². The van der Waals surface area contributed by atoms with Gasteiger partial charge in [0.15, 0.2) is 11.8 Å². The number of benzene rings is 1. The van der Waals surface area contributed by atoms with E-state index in [0.29, 0.717) is 18.7 Å². The third-order valence-corrected chi connectivity index (χ3v) is 4.70. The number of nitrogens with one attached hydrogen (secondary N) is 3. The molecular formula is C20H30IN7O2. The van der Waals surface area contributed by atoms with Crippen LogP contribution in [0.15, 0.2) is 29.3 Å². The van der Waals surface area contributed by atoms with Crippen LogP contribution in [0.5, 0.6) is 0 Å². The molecule has 0 aliphatic carbocycles. The molecule has 0 spiro atoms. The highest BCUT2D eigenvalue weighted by atomic mass is 127. The summed E-state index contributed by atoms with van der Waals surface area (Å²) in [6, 6.07) is 7.73. The number of hydrogen-bond acceptors (Lipinski definition) is 5. The lowest BCUT2D eigenvalue weighted by atomic mass is 10.1. The van der Waals surface area contributed by atoms with E-state index in [9.17, 15) is 4.79 Å². The van der Waals surface area contributed by atoms with Crippen LogP contribution in [0.1, 0.15) is 40.9 Å². The molecule has 0 saturated carbocycles. The number of ether oxygens (including phenoxy) is 1.